The summed E-state index contributed by atoms with van der Waals surface area (Å²) in [5, 5.41) is 26.4. The third-order valence-electron chi connectivity index (χ3n) is 6.32. The number of rotatable bonds is 7. The van der Waals surface area contributed by atoms with Gasteiger partial charge in [-0.2, -0.15) is 10.4 Å². The summed E-state index contributed by atoms with van der Waals surface area (Å²) in [5.74, 6) is -0.714. The topological polar surface area (TPSA) is 117 Å². The van der Waals surface area contributed by atoms with Crippen LogP contribution in [-0.2, 0) is 14.9 Å². The van der Waals surface area contributed by atoms with Crippen LogP contribution >= 0.6 is 11.6 Å². The average molecular weight is 529 g/mol. The first-order chi connectivity index (χ1) is 18.1. The molecule has 0 bridgehead atoms. The maximum absolute atomic E-state index is 12.7. The number of nitrogens with one attached hydrogen (secondary N) is 1. The van der Waals surface area contributed by atoms with Crippen molar-refractivity contribution >= 4 is 29.5 Å². The summed E-state index contributed by atoms with van der Waals surface area (Å²) < 4.78 is 6.93. The molecular formula is C29H25ClN4O4. The molecule has 0 spiro atoms. The first-order valence-electron chi connectivity index (χ1n) is 11.8. The van der Waals surface area contributed by atoms with Gasteiger partial charge in [0, 0.05) is 10.6 Å². The lowest BCUT2D eigenvalue weighted by atomic mass is 9.84. The Morgan fingerprint density at radius 1 is 1.05 bits per heavy atom. The fraction of sp³-hybridized carbons (Fsp3) is 0.172. The molecule has 3 aromatic carbocycles. The number of anilines is 1. The van der Waals surface area contributed by atoms with Crippen molar-refractivity contribution in [2.45, 2.75) is 32.3 Å². The van der Waals surface area contributed by atoms with E-state index in [0.29, 0.717) is 21.8 Å². The molecule has 192 valence electrons. The van der Waals surface area contributed by atoms with E-state index < -0.39 is 23.6 Å². The fourth-order valence-corrected chi connectivity index (χ4v) is 4.19. The first-order valence-corrected chi connectivity index (χ1v) is 12.1. The second-order valence-electron chi connectivity index (χ2n) is 9.18. The van der Waals surface area contributed by atoms with Gasteiger partial charge in [0.1, 0.15) is 17.7 Å². The van der Waals surface area contributed by atoms with Crippen molar-refractivity contribution < 1.29 is 19.4 Å². The van der Waals surface area contributed by atoms with Gasteiger partial charge in [0.15, 0.2) is 5.82 Å². The minimum atomic E-state index is -0.989. The maximum Gasteiger partial charge on any atom is 0.413 e. The highest BCUT2D eigenvalue weighted by molar-refractivity contribution is 6.31. The Labute approximate surface area is 225 Å². The largest absolute Gasteiger partial charge is 0.481 e. The van der Waals surface area contributed by atoms with Crippen molar-refractivity contribution in [1.29, 1.82) is 5.26 Å². The monoisotopic (exact) mass is 528 g/mol. The van der Waals surface area contributed by atoms with Crippen molar-refractivity contribution in [2.75, 3.05) is 5.32 Å². The molecule has 0 radical (unpaired) electrons. The number of aliphatic carboxylic acids is 1. The molecule has 4 rings (SSSR count). The van der Waals surface area contributed by atoms with Crippen LogP contribution in [0.1, 0.15) is 43.6 Å². The van der Waals surface area contributed by atoms with E-state index in [0.717, 1.165) is 11.1 Å². The average Bonchev–Trinajstić information content (AvgIpc) is 3.31. The molecule has 0 fully saturated rings. The molecule has 1 aromatic heterocycles. The molecule has 0 aliphatic rings. The van der Waals surface area contributed by atoms with Crippen molar-refractivity contribution in [1.82, 2.24) is 9.78 Å². The smallest absolute Gasteiger partial charge is 0.413 e. The Balaban J connectivity index is 1.53. The van der Waals surface area contributed by atoms with Crippen LogP contribution < -0.4 is 5.32 Å². The number of nitriles is 1. The van der Waals surface area contributed by atoms with Gasteiger partial charge in [-0.05, 0) is 55.7 Å². The van der Waals surface area contributed by atoms with Gasteiger partial charge in [0.2, 0.25) is 0 Å². The second kappa shape index (κ2) is 10.8. The maximum atomic E-state index is 12.7. The predicted molar refractivity (Wildman–Crippen MR) is 144 cm³/mol. The lowest BCUT2D eigenvalue weighted by Gasteiger charge is -2.20. The number of hydrogen-bond acceptors (Lipinski definition) is 5. The van der Waals surface area contributed by atoms with Gasteiger partial charge in [-0.15, -0.1) is 0 Å². The molecule has 8 nitrogen and oxygen atoms in total. The predicted octanol–water partition coefficient (Wildman–Crippen LogP) is 6.74. The second-order valence-corrected chi connectivity index (χ2v) is 9.59. The number of benzene rings is 3. The van der Waals surface area contributed by atoms with Crippen LogP contribution in [0.25, 0.3) is 16.8 Å². The van der Waals surface area contributed by atoms with Crippen LogP contribution in [0.2, 0.25) is 5.02 Å². The van der Waals surface area contributed by atoms with Crippen molar-refractivity contribution in [3.63, 3.8) is 0 Å². The summed E-state index contributed by atoms with van der Waals surface area (Å²) in [7, 11) is 0. The van der Waals surface area contributed by atoms with Crippen molar-refractivity contribution in [2.24, 2.45) is 0 Å². The summed E-state index contributed by atoms with van der Waals surface area (Å²) in [6.07, 6.45) is -0.00163. The van der Waals surface area contributed by atoms with Crippen LogP contribution in [0.3, 0.4) is 0 Å². The number of carboxylic acid groups (broad SMARTS) is 1. The zero-order valence-electron chi connectivity index (χ0n) is 21.0. The molecule has 0 aliphatic heterocycles. The summed E-state index contributed by atoms with van der Waals surface area (Å²) in [6.45, 7) is 5.03. The zero-order chi connectivity index (χ0) is 27.4. The molecule has 4 aromatic rings. The highest BCUT2D eigenvalue weighted by Crippen LogP contribution is 2.29. The highest BCUT2D eigenvalue weighted by atomic mass is 35.5. The first kappa shape index (κ1) is 26.5. The normalized spacial score (nSPS) is 11.9. The quantitative estimate of drug-likeness (QED) is 0.274. The molecule has 0 saturated heterocycles. The number of hydrogen-bond donors (Lipinski definition) is 2. The van der Waals surface area contributed by atoms with Crippen LogP contribution in [0.5, 0.6) is 0 Å². The SMILES string of the molecule is CC(OC(=O)Nc1c(C#N)cnn1-c1ccc(-c2ccc(C(C)(C)C(=O)O)cc2)cc1)c1ccccc1Cl. The van der Waals surface area contributed by atoms with E-state index in [1.54, 1.807) is 57.2 Å². The van der Waals surface area contributed by atoms with Gasteiger partial charge in [0.05, 0.1) is 17.3 Å². The number of carbonyl (C=O) groups is 2. The summed E-state index contributed by atoms with van der Waals surface area (Å²) in [5.41, 5.74) is 2.99. The lowest BCUT2D eigenvalue weighted by molar-refractivity contribution is -0.142. The van der Waals surface area contributed by atoms with Crippen LogP contribution in [0.4, 0.5) is 10.6 Å². The molecule has 0 aliphatic carbocycles. The number of halogens is 1. The number of ether oxygens (including phenoxy) is 1. The zero-order valence-corrected chi connectivity index (χ0v) is 21.7. The standard InChI is InChI=1S/C29H25ClN4O4/c1-18(24-6-4-5-7-25(24)30)38-28(37)33-26-21(16-31)17-32-34(26)23-14-10-20(11-15-23)19-8-12-22(13-9-19)29(2,3)27(35)36/h4-15,17-18H,1-3H3,(H,33,37)(H,35,36). The number of amides is 1. The third-order valence-corrected chi connectivity index (χ3v) is 6.67. The Hall–Kier alpha value is -4.61. The Morgan fingerprint density at radius 2 is 1.66 bits per heavy atom. The number of carbonyl (C=O) groups excluding carboxylic acids is 1. The number of nitrogens with zero attached hydrogens (tertiary/aromatic N) is 3. The number of carboxylic acids is 1. The molecule has 0 saturated carbocycles. The lowest BCUT2D eigenvalue weighted by Crippen LogP contribution is -2.28. The summed E-state index contributed by atoms with van der Waals surface area (Å²) >= 11 is 6.20. The fourth-order valence-electron chi connectivity index (χ4n) is 3.90. The highest BCUT2D eigenvalue weighted by Gasteiger charge is 2.29. The van der Waals surface area contributed by atoms with Crippen LogP contribution in [-0.4, -0.2) is 26.9 Å². The Kier molecular flexibility index (Phi) is 7.51. The molecule has 1 atom stereocenters. The van der Waals surface area contributed by atoms with Gasteiger partial charge in [-0.3, -0.25) is 10.1 Å². The Morgan fingerprint density at radius 3 is 2.24 bits per heavy atom. The van der Waals surface area contributed by atoms with E-state index in [9.17, 15) is 20.0 Å². The van der Waals surface area contributed by atoms with Crippen LogP contribution in [0.15, 0.2) is 79.0 Å². The van der Waals surface area contributed by atoms with Crippen molar-refractivity contribution in [3.05, 3.63) is 101 Å². The third kappa shape index (κ3) is 5.38. The van der Waals surface area contributed by atoms with Crippen molar-refractivity contribution in [3.8, 4) is 22.9 Å². The molecule has 9 heteroatoms. The molecule has 1 heterocycles. The van der Waals surface area contributed by atoms with Gasteiger partial charge < -0.3 is 9.84 Å². The molecule has 38 heavy (non-hydrogen) atoms. The minimum Gasteiger partial charge on any atom is -0.481 e. The van der Waals surface area contributed by atoms with E-state index in [-0.39, 0.29) is 11.4 Å². The van der Waals surface area contributed by atoms with Crippen LogP contribution in [0, 0.1) is 11.3 Å². The van der Waals surface area contributed by atoms with Gasteiger partial charge in [-0.25, -0.2) is 9.48 Å². The van der Waals surface area contributed by atoms with E-state index in [4.69, 9.17) is 16.3 Å². The summed E-state index contributed by atoms with van der Waals surface area (Å²) in [6, 6.07) is 23.8. The molecular weight excluding hydrogens is 504 g/mol. The van der Waals surface area contributed by atoms with E-state index in [1.807, 2.05) is 42.5 Å². The van der Waals surface area contributed by atoms with Gasteiger partial charge >= 0.3 is 12.1 Å². The van der Waals surface area contributed by atoms with Gasteiger partial charge in [0.25, 0.3) is 0 Å². The number of aromatic nitrogens is 2. The molecule has 1 amide bonds. The minimum absolute atomic E-state index is 0.174. The van der Waals surface area contributed by atoms with E-state index >= 15 is 0 Å². The summed E-state index contributed by atoms with van der Waals surface area (Å²) in [4.78, 5) is 24.2. The molecule has 1 unspecified atom stereocenters. The molecule has 2 N–H and O–H groups in total. The van der Waals surface area contributed by atoms with E-state index in [1.165, 1.54) is 10.9 Å². The van der Waals surface area contributed by atoms with Gasteiger partial charge in [-0.1, -0.05) is 66.2 Å². The van der Waals surface area contributed by atoms with E-state index in [2.05, 4.69) is 10.4 Å². The Bertz CT molecular complexity index is 1520.